The van der Waals surface area contributed by atoms with E-state index in [2.05, 4.69) is 204 Å². The van der Waals surface area contributed by atoms with E-state index in [1.165, 1.54) is 11.1 Å². The summed E-state index contributed by atoms with van der Waals surface area (Å²) >= 11 is 7.32. The maximum absolute atomic E-state index is 7.32. The fraction of sp³-hybridized carbons (Fsp3) is 0.194. The topological polar surface area (TPSA) is 94.1 Å². The minimum atomic E-state index is -0.502. The Bertz CT molecular complexity index is 4030. The van der Waals surface area contributed by atoms with Gasteiger partial charge in [-0.05, 0) is 131 Å². The minimum Gasteiger partial charge on any atom is -0.657 e. The zero-order chi connectivity index (χ0) is 56.1. The fourth-order valence-electron chi connectivity index (χ4n) is 10.9. The van der Waals surface area contributed by atoms with Gasteiger partial charge in [0.1, 0.15) is 0 Å². The molecule has 4 aliphatic heterocycles. The smallest absolute Gasteiger partial charge is 0.657 e. The van der Waals surface area contributed by atoms with Gasteiger partial charge in [-0.25, -0.2) is 9.97 Å². The average molecular weight is 1160 g/mol. The van der Waals surface area contributed by atoms with Gasteiger partial charge in [0.25, 0.3) is 0 Å². The van der Waals surface area contributed by atoms with E-state index < -0.39 is 12.6 Å². The Morgan fingerprint density at radius 2 is 0.807 bits per heavy atom. The van der Waals surface area contributed by atoms with Gasteiger partial charge in [0.05, 0.1) is 54.2 Å². The summed E-state index contributed by atoms with van der Waals surface area (Å²) in [4.78, 5) is 23.8. The molecule has 6 aromatic carbocycles. The Labute approximate surface area is 500 Å². The van der Waals surface area contributed by atoms with Crippen molar-refractivity contribution in [2.45, 2.75) is 54.1 Å². The van der Waals surface area contributed by atoms with Gasteiger partial charge in [-0.15, -0.1) is 22.1 Å². The number of benzene rings is 6. The largest absolute Gasteiger partial charge is 2.00 e. The number of hydrogen-bond donors (Lipinski definition) is 0. The van der Waals surface area contributed by atoms with Gasteiger partial charge in [0, 0.05) is 39.0 Å². The standard InChI is InChI=1S/C72H62ClN5O4.Ni/c1-45-13-25-54(26-14-45)78(55-27-15-46(2)16-28-55)56-29-21-48(22-30-56)18-17-47-19-23-49(24-20-47)65-57-31-33-59(74-57)66(50-9-7-11-52(39-50)69-79-41-71(3,4)42-80-69)61-35-37-63(76-61)68(73)64-38-36-62(77-64)67(60-34-32-58(65)75-60)51-10-8-12-53(40-51)70-81-43-72(5,6)44-82-70;/h7-40,69-70H,41-44H2,1-6H3;/q-2;+2/b18-17+,65-57?,65-58?,66-59?,66-61?,67-60?,67-62?,68-63?,68-64?;. The number of aryl methyl sites for hydroxylation is 2. The molecule has 0 radical (unpaired) electrons. The van der Waals surface area contributed by atoms with Crippen LogP contribution in [0.2, 0.25) is 5.02 Å². The summed E-state index contributed by atoms with van der Waals surface area (Å²) in [5.74, 6) is 0. The molecule has 7 heterocycles. The summed E-state index contributed by atoms with van der Waals surface area (Å²) in [6, 6.07) is 59.4. The van der Waals surface area contributed by atoms with Crippen molar-refractivity contribution in [3.05, 3.63) is 231 Å². The van der Waals surface area contributed by atoms with Crippen LogP contribution >= 0.6 is 11.6 Å². The van der Waals surface area contributed by atoms with E-state index in [9.17, 15) is 0 Å². The first-order valence-electron chi connectivity index (χ1n) is 28.0. The minimum absolute atomic E-state index is 0. The third-order valence-corrected chi connectivity index (χ3v) is 15.7. The van der Waals surface area contributed by atoms with Crippen molar-refractivity contribution in [3.8, 4) is 33.4 Å². The molecule has 3 aromatic heterocycles. The van der Waals surface area contributed by atoms with Crippen LogP contribution < -0.4 is 14.9 Å². The predicted octanol–water partition coefficient (Wildman–Crippen LogP) is 18.0. The molecule has 4 aliphatic rings. The first-order valence-corrected chi connectivity index (χ1v) is 28.3. The number of halogens is 1. The Hall–Kier alpha value is -7.92. The van der Waals surface area contributed by atoms with Gasteiger partial charge in [-0.2, -0.15) is 0 Å². The van der Waals surface area contributed by atoms with Crippen molar-refractivity contribution >= 4 is 87.2 Å². The maximum Gasteiger partial charge on any atom is 2.00 e. The number of aromatic nitrogens is 4. The van der Waals surface area contributed by atoms with E-state index >= 15 is 0 Å². The second-order valence-electron chi connectivity index (χ2n) is 23.3. The van der Waals surface area contributed by atoms with E-state index in [1.807, 2.05) is 48.6 Å². The molecule has 0 saturated carbocycles. The van der Waals surface area contributed by atoms with Crippen LogP contribution in [0.25, 0.3) is 91.9 Å². The van der Waals surface area contributed by atoms with E-state index in [4.69, 9.17) is 50.5 Å². The molecule has 0 unspecified atom stereocenters. The molecule has 0 spiro atoms. The summed E-state index contributed by atoms with van der Waals surface area (Å²) in [6.45, 7) is 15.2. The van der Waals surface area contributed by atoms with Gasteiger partial charge in [-0.3, -0.25) is 0 Å². The van der Waals surface area contributed by atoms with Crippen LogP contribution in [0.1, 0.15) is 96.4 Å². The predicted molar refractivity (Wildman–Crippen MR) is 334 cm³/mol. The van der Waals surface area contributed by atoms with Crippen molar-refractivity contribution in [1.29, 1.82) is 0 Å². The van der Waals surface area contributed by atoms with E-state index in [0.717, 1.165) is 106 Å². The van der Waals surface area contributed by atoms with Crippen LogP contribution in [0.3, 0.4) is 0 Å². The molecule has 416 valence electrons. The summed E-state index contributed by atoms with van der Waals surface area (Å²) in [6.07, 6.45) is 11.4. The summed E-state index contributed by atoms with van der Waals surface area (Å²) in [5.41, 5.74) is 20.6. The van der Waals surface area contributed by atoms with Crippen molar-refractivity contribution in [2.75, 3.05) is 31.3 Å². The molecule has 0 N–H and O–H groups in total. The third-order valence-electron chi connectivity index (χ3n) is 15.3. The first-order chi connectivity index (χ1) is 39.8. The Morgan fingerprint density at radius 3 is 1.25 bits per heavy atom. The molecule has 0 aliphatic carbocycles. The summed E-state index contributed by atoms with van der Waals surface area (Å²) < 4.78 is 25.2. The fourth-order valence-corrected chi connectivity index (χ4v) is 11.1. The Kier molecular flexibility index (Phi) is 15.4. The number of ether oxygens (including phenoxy) is 4. The molecule has 9 nitrogen and oxygen atoms in total. The van der Waals surface area contributed by atoms with E-state index in [0.29, 0.717) is 42.7 Å². The second kappa shape index (κ2) is 23.0. The molecule has 9 aromatic rings. The Balaban J connectivity index is 0.00000680. The third kappa shape index (κ3) is 11.7. The molecule has 2 fully saturated rings. The summed E-state index contributed by atoms with van der Waals surface area (Å²) in [5, 5.41) is 0.433. The first kappa shape index (κ1) is 55.6. The maximum atomic E-state index is 7.32. The SMILES string of the molecule is Cc1ccc(N(c2ccc(C)cc2)c2ccc(/C=C/c3ccc(-c4c5nc(c(-c6cccc(C7OCC(C)(C)CO7)c6)c6ccc([n-]6)c(Cl)c6nc(c(-c7cccc(C8OCC(C)(C)CO8)c7)c7ccc4[n-]7)C=C6)C=C5)cc3)cc2)cc1.[Ni+2]. The number of rotatable bonds is 10. The number of hydrogen-bond acceptors (Lipinski definition) is 7. The zero-order valence-electron chi connectivity index (χ0n) is 47.2. The van der Waals surface area contributed by atoms with Crippen molar-refractivity contribution < 1.29 is 35.4 Å². The van der Waals surface area contributed by atoms with E-state index in [-0.39, 0.29) is 27.3 Å². The van der Waals surface area contributed by atoms with Gasteiger partial charge in [-0.1, -0.05) is 184 Å². The van der Waals surface area contributed by atoms with Gasteiger partial charge >= 0.3 is 16.5 Å². The summed E-state index contributed by atoms with van der Waals surface area (Å²) in [7, 11) is 0. The monoisotopic (exact) mass is 1150 g/mol. The molecular weight excluding hydrogens is 1090 g/mol. The molecule has 13 rings (SSSR count). The normalized spacial score (nSPS) is 15.8. The second-order valence-corrected chi connectivity index (χ2v) is 23.7. The van der Waals surface area contributed by atoms with Crippen molar-refractivity contribution in [1.82, 2.24) is 19.9 Å². The molecule has 2 saturated heterocycles. The number of fused-ring (bicyclic) bond motifs is 8. The van der Waals surface area contributed by atoms with E-state index in [1.54, 1.807) is 0 Å². The van der Waals surface area contributed by atoms with Crippen molar-refractivity contribution in [2.24, 2.45) is 10.8 Å². The molecule has 0 atom stereocenters. The van der Waals surface area contributed by atoms with Crippen LogP contribution in [0, 0.1) is 24.7 Å². The number of nitrogens with zero attached hydrogens (tertiary/aromatic N) is 5. The quantitative estimate of drug-likeness (QED) is 0.0980. The number of anilines is 3. The molecule has 11 heteroatoms. The zero-order valence-corrected chi connectivity index (χ0v) is 48.9. The van der Waals surface area contributed by atoms with Crippen molar-refractivity contribution in [3.63, 3.8) is 0 Å². The molecule has 0 amide bonds. The Morgan fingerprint density at radius 1 is 0.446 bits per heavy atom. The van der Waals surface area contributed by atoms with Crippen LogP contribution in [-0.4, -0.2) is 36.4 Å². The average Bonchev–Trinajstić information content (AvgIpc) is 4.47. The van der Waals surface area contributed by atoms with Gasteiger partial charge < -0.3 is 33.8 Å². The van der Waals surface area contributed by atoms with Crippen LogP contribution in [-0.2, 0) is 35.4 Å². The molecule has 83 heavy (non-hydrogen) atoms. The molecule has 8 bridgehead atoms. The van der Waals surface area contributed by atoms with Gasteiger partial charge in [0.15, 0.2) is 12.6 Å². The van der Waals surface area contributed by atoms with Crippen LogP contribution in [0.5, 0.6) is 0 Å². The van der Waals surface area contributed by atoms with Crippen LogP contribution in [0.15, 0.2) is 170 Å². The molecular formula is C72H62ClN5NiO4. The van der Waals surface area contributed by atoms with Crippen LogP contribution in [0.4, 0.5) is 17.1 Å². The van der Waals surface area contributed by atoms with Gasteiger partial charge in [0.2, 0.25) is 0 Å².